The number of fused-ring (bicyclic) bond motifs is 3. The third kappa shape index (κ3) is 2.60. The van der Waals surface area contributed by atoms with Crippen molar-refractivity contribution in [3.8, 4) is 5.75 Å². The van der Waals surface area contributed by atoms with Gasteiger partial charge < -0.3 is 10.1 Å². The predicted octanol–water partition coefficient (Wildman–Crippen LogP) is 1.73. The largest absolute Gasteiger partial charge is 0.493 e. The lowest BCUT2D eigenvalue weighted by Crippen LogP contribution is -2.47. The minimum absolute atomic E-state index is 0.0743. The summed E-state index contributed by atoms with van der Waals surface area (Å²) in [5, 5.41) is 2.85. The molecule has 3 aromatic rings. The van der Waals surface area contributed by atoms with Gasteiger partial charge in [0.05, 0.1) is 18.8 Å². The van der Waals surface area contributed by atoms with Crippen LogP contribution in [0.25, 0.3) is 5.65 Å². The molecule has 0 saturated carbocycles. The van der Waals surface area contributed by atoms with E-state index in [1.54, 1.807) is 24.4 Å². The number of nitrogens with zero attached hydrogens (tertiary/aromatic N) is 3. The molecule has 1 N–H and O–H groups in total. The molecule has 0 bridgehead atoms. The van der Waals surface area contributed by atoms with Gasteiger partial charge in [0.25, 0.3) is 11.5 Å². The van der Waals surface area contributed by atoms with E-state index in [2.05, 4.69) is 10.3 Å². The van der Waals surface area contributed by atoms with Crippen molar-refractivity contribution in [3.63, 3.8) is 0 Å². The molecule has 1 fully saturated rings. The highest BCUT2D eigenvalue weighted by molar-refractivity contribution is 6.07. The van der Waals surface area contributed by atoms with E-state index >= 15 is 0 Å². The summed E-state index contributed by atoms with van der Waals surface area (Å²) in [4.78, 5) is 44.1. The fraction of sp³-hybridized carbons (Fsp3) is 0.238. The second-order valence-electron chi connectivity index (χ2n) is 7.34. The summed E-state index contributed by atoms with van der Waals surface area (Å²) >= 11 is 0. The molecule has 0 unspecified atom stereocenters. The van der Waals surface area contributed by atoms with Crippen LogP contribution in [0.4, 0.5) is 4.79 Å². The zero-order valence-corrected chi connectivity index (χ0v) is 15.7. The average Bonchev–Trinajstić information content (AvgIpc) is 2.93. The maximum absolute atomic E-state index is 13.3. The Morgan fingerprint density at radius 1 is 1.17 bits per heavy atom. The van der Waals surface area contributed by atoms with Crippen molar-refractivity contribution < 1.29 is 14.3 Å². The Morgan fingerprint density at radius 3 is 2.86 bits per heavy atom. The van der Waals surface area contributed by atoms with Crippen LogP contribution in [0.15, 0.2) is 53.5 Å². The predicted molar refractivity (Wildman–Crippen MR) is 104 cm³/mol. The summed E-state index contributed by atoms with van der Waals surface area (Å²) in [6.07, 6.45) is 2.00. The summed E-state index contributed by atoms with van der Waals surface area (Å²) in [5.41, 5.74) is 1.04. The molecular formula is C21H18N4O4. The van der Waals surface area contributed by atoms with Crippen molar-refractivity contribution in [2.45, 2.75) is 25.4 Å². The van der Waals surface area contributed by atoms with Crippen molar-refractivity contribution in [2.24, 2.45) is 0 Å². The summed E-state index contributed by atoms with van der Waals surface area (Å²) < 4.78 is 7.07. The van der Waals surface area contributed by atoms with Crippen LogP contribution < -0.4 is 15.6 Å². The first-order valence-electron chi connectivity index (χ1n) is 9.33. The van der Waals surface area contributed by atoms with E-state index in [1.165, 1.54) is 10.5 Å². The molecule has 8 nitrogen and oxygen atoms in total. The van der Waals surface area contributed by atoms with Gasteiger partial charge in [0.1, 0.15) is 11.4 Å². The van der Waals surface area contributed by atoms with Crippen LogP contribution >= 0.6 is 0 Å². The molecule has 1 spiro atoms. The number of amides is 3. The van der Waals surface area contributed by atoms with E-state index < -0.39 is 11.6 Å². The Balaban J connectivity index is 1.53. The number of hydrogen-bond donors (Lipinski definition) is 1. The van der Waals surface area contributed by atoms with Gasteiger partial charge in [0, 0.05) is 24.2 Å². The fourth-order valence-corrected chi connectivity index (χ4v) is 4.01. The maximum atomic E-state index is 13.3. The molecule has 2 aromatic heterocycles. The highest BCUT2D eigenvalue weighted by atomic mass is 16.5. The molecule has 29 heavy (non-hydrogen) atoms. The summed E-state index contributed by atoms with van der Waals surface area (Å²) in [7, 11) is 0. The molecule has 1 aromatic carbocycles. The number of carbonyl (C=O) groups excluding carboxylic acids is 2. The molecule has 4 heterocycles. The van der Waals surface area contributed by atoms with E-state index in [1.807, 2.05) is 25.1 Å². The standard InChI is InChI=1S/C21H18N4O4/c1-13-6-8-24-17(10-13)22-14(11-18(24)26)12-25-19(27)21(23-20(25)28)7-9-29-16-5-3-2-4-15(16)21/h2-6,8,10-11H,7,9,12H2,1H3,(H,23,28)/t21-/m1/s1. The first-order chi connectivity index (χ1) is 14.0. The lowest BCUT2D eigenvalue weighted by Gasteiger charge is -2.33. The first-order valence-corrected chi connectivity index (χ1v) is 9.33. The third-order valence-electron chi connectivity index (χ3n) is 5.45. The quantitative estimate of drug-likeness (QED) is 0.673. The molecule has 2 aliphatic rings. The van der Waals surface area contributed by atoms with Crippen molar-refractivity contribution >= 4 is 17.6 Å². The van der Waals surface area contributed by atoms with E-state index in [0.29, 0.717) is 35.7 Å². The lowest BCUT2D eigenvalue weighted by atomic mass is 9.84. The van der Waals surface area contributed by atoms with Crippen LogP contribution in [0.3, 0.4) is 0 Å². The molecule has 146 valence electrons. The lowest BCUT2D eigenvalue weighted by molar-refractivity contribution is -0.133. The second-order valence-corrected chi connectivity index (χ2v) is 7.34. The fourth-order valence-electron chi connectivity index (χ4n) is 4.01. The van der Waals surface area contributed by atoms with Crippen molar-refractivity contribution in [1.82, 2.24) is 19.6 Å². The van der Waals surface area contributed by atoms with Crippen molar-refractivity contribution in [3.05, 3.63) is 75.8 Å². The van der Waals surface area contributed by atoms with Crippen molar-refractivity contribution in [1.29, 1.82) is 0 Å². The molecule has 0 aliphatic carbocycles. The van der Waals surface area contributed by atoms with Gasteiger partial charge >= 0.3 is 6.03 Å². The van der Waals surface area contributed by atoms with Crippen LogP contribution in [0.5, 0.6) is 5.75 Å². The number of nitrogens with one attached hydrogen (secondary N) is 1. The number of pyridine rings is 1. The highest BCUT2D eigenvalue weighted by Gasteiger charge is 2.54. The number of imide groups is 1. The Morgan fingerprint density at radius 2 is 2.00 bits per heavy atom. The number of para-hydroxylation sites is 1. The Labute approximate surface area is 165 Å². The number of aryl methyl sites for hydroxylation is 1. The van der Waals surface area contributed by atoms with E-state index in [0.717, 1.165) is 10.5 Å². The number of carbonyl (C=O) groups is 2. The third-order valence-corrected chi connectivity index (χ3v) is 5.45. The zero-order chi connectivity index (χ0) is 20.2. The van der Waals surface area contributed by atoms with Gasteiger partial charge in [-0.15, -0.1) is 0 Å². The second kappa shape index (κ2) is 6.16. The molecule has 2 aliphatic heterocycles. The monoisotopic (exact) mass is 390 g/mol. The Bertz CT molecular complexity index is 1230. The van der Waals surface area contributed by atoms with Gasteiger partial charge in [-0.2, -0.15) is 0 Å². The normalized spacial score (nSPS) is 20.7. The molecule has 0 radical (unpaired) electrons. The summed E-state index contributed by atoms with van der Waals surface area (Å²) in [6, 6.07) is 11.7. The molecule has 8 heteroatoms. The minimum Gasteiger partial charge on any atom is -0.493 e. The molecule has 1 saturated heterocycles. The van der Waals surface area contributed by atoms with Crippen LogP contribution in [0.1, 0.15) is 23.2 Å². The van der Waals surface area contributed by atoms with Crippen LogP contribution in [-0.4, -0.2) is 32.8 Å². The molecule has 3 amide bonds. The van der Waals surface area contributed by atoms with Gasteiger partial charge in [-0.25, -0.2) is 9.78 Å². The van der Waals surface area contributed by atoms with Gasteiger partial charge in [0.2, 0.25) is 0 Å². The van der Waals surface area contributed by atoms with E-state index in [4.69, 9.17) is 4.74 Å². The Hall–Kier alpha value is -3.68. The number of rotatable bonds is 2. The van der Waals surface area contributed by atoms with Gasteiger partial charge in [0.15, 0.2) is 5.54 Å². The van der Waals surface area contributed by atoms with Crippen molar-refractivity contribution in [2.75, 3.05) is 6.61 Å². The highest BCUT2D eigenvalue weighted by Crippen LogP contribution is 2.41. The number of hydrogen-bond acceptors (Lipinski definition) is 5. The maximum Gasteiger partial charge on any atom is 0.325 e. The number of ether oxygens (including phenoxy) is 1. The van der Waals surface area contributed by atoms with Crippen LogP contribution in [-0.2, 0) is 16.9 Å². The summed E-state index contributed by atoms with van der Waals surface area (Å²) in [5.74, 6) is 0.233. The van der Waals surface area contributed by atoms with Gasteiger partial charge in [-0.3, -0.25) is 18.9 Å². The minimum atomic E-state index is -1.14. The van der Waals surface area contributed by atoms with E-state index in [-0.39, 0.29) is 18.0 Å². The Kier molecular flexibility index (Phi) is 3.70. The van der Waals surface area contributed by atoms with E-state index in [9.17, 15) is 14.4 Å². The topological polar surface area (TPSA) is 93.0 Å². The zero-order valence-electron chi connectivity index (χ0n) is 15.7. The van der Waals surface area contributed by atoms with Gasteiger partial charge in [-0.1, -0.05) is 18.2 Å². The first kappa shape index (κ1) is 17.4. The van der Waals surface area contributed by atoms with Crippen LogP contribution in [0, 0.1) is 6.92 Å². The van der Waals surface area contributed by atoms with Crippen LogP contribution in [0.2, 0.25) is 0 Å². The smallest absolute Gasteiger partial charge is 0.325 e. The van der Waals surface area contributed by atoms with Gasteiger partial charge in [-0.05, 0) is 30.7 Å². The SMILES string of the molecule is Cc1ccn2c(=O)cc(CN3C(=O)N[C@@]4(CCOc5ccccc54)C3=O)nc2c1. The molecular weight excluding hydrogens is 372 g/mol. The average molecular weight is 390 g/mol. The number of benzene rings is 1. The number of urea groups is 1. The number of aromatic nitrogens is 2. The summed E-state index contributed by atoms with van der Waals surface area (Å²) in [6.45, 7) is 2.16. The molecule has 1 atom stereocenters. The molecule has 5 rings (SSSR count).